The fourth-order valence-corrected chi connectivity index (χ4v) is 5.64. The van der Waals surface area contributed by atoms with Gasteiger partial charge in [-0.15, -0.1) is 0 Å². The van der Waals surface area contributed by atoms with Gasteiger partial charge in [0, 0.05) is 0 Å². The van der Waals surface area contributed by atoms with Crippen molar-refractivity contribution in [2.75, 3.05) is 6.61 Å². The van der Waals surface area contributed by atoms with Gasteiger partial charge in [-0.05, 0) is 43.1 Å². The highest BCUT2D eigenvalue weighted by atomic mass is 28.4. The zero-order valence-corrected chi connectivity index (χ0v) is 23.7. The Morgan fingerprint density at radius 2 is 1.47 bits per heavy atom. The molecule has 2 aromatic carbocycles. The van der Waals surface area contributed by atoms with E-state index in [0.29, 0.717) is 19.8 Å². The molecule has 4 rings (SSSR count). The predicted molar refractivity (Wildman–Crippen MR) is 142 cm³/mol. The monoisotopic (exact) mass is 514 g/mol. The third-order valence-corrected chi connectivity index (χ3v) is 11.8. The Morgan fingerprint density at radius 1 is 0.889 bits per heavy atom. The highest BCUT2D eigenvalue weighted by Gasteiger charge is 2.59. The Labute approximate surface area is 217 Å². The Kier molecular flexibility index (Phi) is 8.41. The minimum Gasteiger partial charge on any atom is -0.408 e. The summed E-state index contributed by atoms with van der Waals surface area (Å²) in [7, 11) is -2.15. The van der Waals surface area contributed by atoms with E-state index < -0.39 is 20.4 Å². The van der Waals surface area contributed by atoms with E-state index >= 15 is 0 Å². The Hall–Kier alpha value is -1.58. The summed E-state index contributed by atoms with van der Waals surface area (Å²) in [6, 6.07) is 20.3. The molecule has 5 atom stereocenters. The van der Waals surface area contributed by atoms with Crippen LogP contribution in [-0.4, -0.2) is 51.4 Å². The van der Waals surface area contributed by atoms with Crippen LogP contribution in [0.5, 0.6) is 0 Å². The Balaban J connectivity index is 1.55. The van der Waals surface area contributed by atoms with Crippen molar-refractivity contribution >= 4 is 8.32 Å². The lowest BCUT2D eigenvalue weighted by Gasteiger charge is -2.41. The molecule has 0 N–H and O–H groups in total. The summed E-state index contributed by atoms with van der Waals surface area (Å²) in [5, 5.41) is 0.0365. The fraction of sp³-hybridized carbons (Fsp3) is 0.586. The van der Waals surface area contributed by atoms with E-state index in [9.17, 15) is 0 Å². The van der Waals surface area contributed by atoms with Gasteiger partial charge in [-0.2, -0.15) is 0 Å². The summed E-state index contributed by atoms with van der Waals surface area (Å²) in [5.74, 6) is -0.723. The molecule has 6 nitrogen and oxygen atoms in total. The van der Waals surface area contributed by atoms with Gasteiger partial charge in [0.15, 0.2) is 20.4 Å². The highest BCUT2D eigenvalue weighted by Crippen LogP contribution is 2.45. The summed E-state index contributed by atoms with van der Waals surface area (Å²) < 4.78 is 38.5. The van der Waals surface area contributed by atoms with Crippen LogP contribution >= 0.6 is 0 Å². The first-order valence-electron chi connectivity index (χ1n) is 12.9. The lowest BCUT2D eigenvalue weighted by atomic mass is 10.1. The summed E-state index contributed by atoms with van der Waals surface area (Å²) in [5.41, 5.74) is 2.21. The van der Waals surface area contributed by atoms with Crippen molar-refractivity contribution in [1.29, 1.82) is 0 Å². The molecule has 0 spiro atoms. The number of benzene rings is 2. The summed E-state index contributed by atoms with van der Waals surface area (Å²) >= 11 is 0. The van der Waals surface area contributed by atoms with Gasteiger partial charge in [0.2, 0.25) is 0 Å². The molecule has 0 saturated carbocycles. The molecule has 0 aliphatic carbocycles. The zero-order valence-electron chi connectivity index (χ0n) is 22.7. The van der Waals surface area contributed by atoms with Crippen molar-refractivity contribution in [3.8, 4) is 0 Å². The summed E-state index contributed by atoms with van der Waals surface area (Å²) in [6.07, 6.45) is -1.89. The number of hydrogen-bond donors (Lipinski definition) is 0. The SMILES string of the molecule is CC1(C)O[C@H]2O[C@H]([C@@H](COCc3ccccc3)OCc3ccccc3)[C@H](O[Si](C)(C)C(C)(C)C)[C@H]2O1. The molecule has 36 heavy (non-hydrogen) atoms. The second-order valence-electron chi connectivity index (χ2n) is 11.7. The Morgan fingerprint density at radius 3 is 2.06 bits per heavy atom. The molecule has 2 aromatic rings. The molecule has 2 heterocycles. The molecule has 0 amide bonds. The van der Waals surface area contributed by atoms with Gasteiger partial charge in [0.25, 0.3) is 0 Å². The molecule has 0 aromatic heterocycles. The first kappa shape index (κ1) is 27.5. The number of ether oxygens (including phenoxy) is 5. The number of rotatable bonds is 10. The van der Waals surface area contributed by atoms with Crippen molar-refractivity contribution in [3.05, 3.63) is 71.8 Å². The maximum absolute atomic E-state index is 6.95. The molecular weight excluding hydrogens is 472 g/mol. The van der Waals surface area contributed by atoms with Gasteiger partial charge in [0.1, 0.15) is 24.4 Å². The maximum atomic E-state index is 6.95. The largest absolute Gasteiger partial charge is 0.408 e. The van der Waals surface area contributed by atoms with Crippen molar-refractivity contribution in [2.24, 2.45) is 0 Å². The number of hydrogen-bond acceptors (Lipinski definition) is 6. The van der Waals surface area contributed by atoms with E-state index in [1.807, 2.05) is 50.2 Å². The summed E-state index contributed by atoms with van der Waals surface area (Å²) in [6.45, 7) is 16.4. The second kappa shape index (κ2) is 11.0. The minimum atomic E-state index is -2.15. The predicted octanol–water partition coefficient (Wildman–Crippen LogP) is 6.06. The maximum Gasteiger partial charge on any atom is 0.192 e. The van der Waals surface area contributed by atoms with Crippen LogP contribution in [0.1, 0.15) is 45.7 Å². The smallest absolute Gasteiger partial charge is 0.192 e. The van der Waals surface area contributed by atoms with Crippen LogP contribution in [0.25, 0.3) is 0 Å². The van der Waals surface area contributed by atoms with Crippen molar-refractivity contribution < 1.29 is 28.1 Å². The van der Waals surface area contributed by atoms with Gasteiger partial charge in [-0.3, -0.25) is 0 Å². The quantitative estimate of drug-likeness (QED) is 0.360. The molecule has 0 unspecified atom stereocenters. The van der Waals surface area contributed by atoms with Crippen molar-refractivity contribution in [3.63, 3.8) is 0 Å². The average molecular weight is 515 g/mol. The fourth-order valence-electron chi connectivity index (χ4n) is 4.34. The third kappa shape index (κ3) is 6.64. The molecule has 0 radical (unpaired) electrons. The van der Waals surface area contributed by atoms with Crippen LogP contribution in [0.15, 0.2) is 60.7 Å². The van der Waals surface area contributed by atoms with Gasteiger partial charge in [0.05, 0.1) is 19.8 Å². The van der Waals surface area contributed by atoms with E-state index in [1.165, 1.54) is 0 Å². The lowest BCUT2D eigenvalue weighted by Crippen LogP contribution is -2.53. The van der Waals surface area contributed by atoms with Crippen LogP contribution in [0, 0.1) is 0 Å². The molecule has 7 heteroatoms. The third-order valence-electron chi connectivity index (χ3n) is 7.33. The molecule has 2 fully saturated rings. The first-order valence-corrected chi connectivity index (χ1v) is 15.8. The standard InChI is InChI=1S/C29H42O6Si/c1-28(2,3)36(6,7)35-25-24(32-27-26(25)33-29(4,5)34-27)23(31-19-22-16-12-9-13-17-22)20-30-18-21-14-10-8-11-15-21/h8-17,23-27H,18-20H2,1-7H3/t23-,24-,25+,26-,27-/m1/s1. The van der Waals surface area contributed by atoms with E-state index in [1.54, 1.807) is 0 Å². The van der Waals surface area contributed by atoms with E-state index in [-0.39, 0.29) is 29.5 Å². The van der Waals surface area contributed by atoms with Crippen molar-refractivity contribution in [2.45, 2.75) is 102 Å². The van der Waals surface area contributed by atoms with E-state index in [0.717, 1.165) is 11.1 Å². The van der Waals surface area contributed by atoms with Gasteiger partial charge in [-0.25, -0.2) is 0 Å². The number of fused-ring (bicyclic) bond motifs is 1. The zero-order chi connectivity index (χ0) is 26.0. The van der Waals surface area contributed by atoms with Gasteiger partial charge < -0.3 is 28.1 Å². The molecule has 0 bridgehead atoms. The van der Waals surface area contributed by atoms with Gasteiger partial charge >= 0.3 is 0 Å². The minimum absolute atomic E-state index is 0.0365. The molecule has 2 aliphatic rings. The van der Waals surface area contributed by atoms with Crippen LogP contribution in [0.3, 0.4) is 0 Å². The van der Waals surface area contributed by atoms with Crippen molar-refractivity contribution in [1.82, 2.24) is 0 Å². The van der Waals surface area contributed by atoms with Gasteiger partial charge in [-0.1, -0.05) is 81.4 Å². The lowest BCUT2D eigenvalue weighted by molar-refractivity contribution is -0.232. The Bertz CT molecular complexity index is 959. The van der Waals surface area contributed by atoms with E-state index in [4.69, 9.17) is 28.1 Å². The first-order chi connectivity index (χ1) is 17.0. The normalized spacial score (nSPS) is 26.6. The molecule has 2 aliphatic heterocycles. The molecule has 198 valence electrons. The highest BCUT2D eigenvalue weighted by molar-refractivity contribution is 6.74. The summed E-state index contributed by atoms with van der Waals surface area (Å²) in [4.78, 5) is 0. The van der Waals surface area contributed by atoms with Crippen LogP contribution in [0.2, 0.25) is 18.1 Å². The topological polar surface area (TPSA) is 55.4 Å². The second-order valence-corrected chi connectivity index (χ2v) is 16.5. The van der Waals surface area contributed by atoms with E-state index in [2.05, 4.69) is 58.1 Å². The van der Waals surface area contributed by atoms with Crippen LogP contribution in [-0.2, 0) is 41.3 Å². The van der Waals surface area contributed by atoms with Crippen LogP contribution < -0.4 is 0 Å². The molecular formula is C29H42O6Si. The average Bonchev–Trinajstić information content (AvgIpc) is 3.28. The molecule has 2 saturated heterocycles. The van der Waals surface area contributed by atoms with Crippen LogP contribution in [0.4, 0.5) is 0 Å².